The van der Waals surface area contributed by atoms with Crippen LogP contribution < -0.4 is 4.90 Å². The molecule has 0 bridgehead atoms. The Hall–Kier alpha value is -6.64. The lowest BCUT2D eigenvalue weighted by atomic mass is 9.83. The Morgan fingerprint density at radius 1 is 0.389 bits per heavy atom. The SMILES string of the molecule is CC(C)(C)c1c(-c2cccc(N(c3ccc(-c4ccccc4-c4ccccc4)cc3)c3ccc(-c4cccc5ccccc45)cc3)c2)oc2ccccc12. The van der Waals surface area contributed by atoms with Crippen molar-refractivity contribution >= 4 is 38.8 Å². The summed E-state index contributed by atoms with van der Waals surface area (Å²) in [7, 11) is 0. The summed E-state index contributed by atoms with van der Waals surface area (Å²) in [6.45, 7) is 6.79. The molecule has 54 heavy (non-hydrogen) atoms. The van der Waals surface area contributed by atoms with Crippen LogP contribution in [-0.4, -0.2) is 0 Å². The van der Waals surface area contributed by atoms with E-state index < -0.39 is 0 Å². The molecule has 0 atom stereocenters. The molecule has 9 rings (SSSR count). The first-order valence-corrected chi connectivity index (χ1v) is 18.7. The van der Waals surface area contributed by atoms with Gasteiger partial charge in [-0.3, -0.25) is 0 Å². The number of anilines is 3. The minimum Gasteiger partial charge on any atom is -0.456 e. The van der Waals surface area contributed by atoms with Crippen molar-refractivity contribution < 1.29 is 4.42 Å². The normalized spacial score (nSPS) is 11.6. The molecule has 0 spiro atoms. The van der Waals surface area contributed by atoms with E-state index in [0.717, 1.165) is 39.4 Å². The summed E-state index contributed by atoms with van der Waals surface area (Å²) in [6.07, 6.45) is 0. The molecule has 2 heteroatoms. The number of fused-ring (bicyclic) bond motifs is 2. The highest BCUT2D eigenvalue weighted by atomic mass is 16.3. The van der Waals surface area contributed by atoms with Gasteiger partial charge in [-0.25, -0.2) is 0 Å². The van der Waals surface area contributed by atoms with Crippen molar-refractivity contribution in [3.8, 4) is 44.7 Å². The van der Waals surface area contributed by atoms with Crippen molar-refractivity contribution in [3.05, 3.63) is 200 Å². The van der Waals surface area contributed by atoms with Crippen molar-refractivity contribution in [1.29, 1.82) is 0 Å². The minimum absolute atomic E-state index is 0.110. The molecule has 0 radical (unpaired) electrons. The highest BCUT2D eigenvalue weighted by Gasteiger charge is 2.26. The van der Waals surface area contributed by atoms with Crippen LogP contribution in [0.3, 0.4) is 0 Å². The molecule has 0 aliphatic rings. The predicted molar refractivity (Wildman–Crippen MR) is 229 cm³/mol. The molecule has 1 heterocycles. The summed E-state index contributed by atoms with van der Waals surface area (Å²) in [4.78, 5) is 2.35. The average Bonchev–Trinajstić information content (AvgIpc) is 3.63. The quantitative estimate of drug-likeness (QED) is 0.165. The monoisotopic (exact) mass is 695 g/mol. The largest absolute Gasteiger partial charge is 0.456 e. The Balaban J connectivity index is 1.17. The van der Waals surface area contributed by atoms with E-state index in [-0.39, 0.29) is 5.41 Å². The molecule has 1 aromatic heterocycles. The summed E-state index contributed by atoms with van der Waals surface area (Å²) < 4.78 is 6.65. The lowest BCUT2D eigenvalue weighted by Gasteiger charge is -2.27. The van der Waals surface area contributed by atoms with Gasteiger partial charge in [0.05, 0.1) is 0 Å². The van der Waals surface area contributed by atoms with Crippen LogP contribution in [0.25, 0.3) is 66.4 Å². The number of furan rings is 1. The van der Waals surface area contributed by atoms with Gasteiger partial charge in [0.15, 0.2) is 0 Å². The van der Waals surface area contributed by atoms with Crippen molar-refractivity contribution in [2.24, 2.45) is 0 Å². The summed E-state index contributed by atoms with van der Waals surface area (Å²) >= 11 is 0. The van der Waals surface area contributed by atoms with E-state index in [9.17, 15) is 0 Å². The Morgan fingerprint density at radius 2 is 0.889 bits per heavy atom. The fourth-order valence-corrected chi connectivity index (χ4v) is 7.89. The molecular weight excluding hydrogens is 655 g/mol. The van der Waals surface area contributed by atoms with Gasteiger partial charge in [-0.2, -0.15) is 0 Å². The van der Waals surface area contributed by atoms with Gasteiger partial charge in [0.2, 0.25) is 0 Å². The molecule has 0 amide bonds. The van der Waals surface area contributed by atoms with Crippen LogP contribution >= 0.6 is 0 Å². The van der Waals surface area contributed by atoms with E-state index in [1.165, 1.54) is 49.7 Å². The second kappa shape index (κ2) is 13.7. The molecule has 2 nitrogen and oxygen atoms in total. The number of hydrogen-bond acceptors (Lipinski definition) is 2. The van der Waals surface area contributed by atoms with E-state index in [2.05, 4.69) is 214 Å². The standard InChI is InChI=1S/C52H41NO/c1-52(2,3)50-48-24-11-12-26-49(48)54-51(50)40-19-13-20-43(35-40)53(42-33-29-39(30-34-42)47-25-14-18-37-17-7-8-21-45(37)47)41-31-27-38(28-32-41)46-23-10-9-22-44(46)36-15-5-4-6-16-36/h4-35H,1-3H3. The Bertz CT molecular complexity index is 2730. The third-order valence-corrected chi connectivity index (χ3v) is 10.4. The van der Waals surface area contributed by atoms with E-state index in [1.54, 1.807) is 0 Å². The first-order valence-electron chi connectivity index (χ1n) is 18.7. The number of para-hydroxylation sites is 1. The van der Waals surface area contributed by atoms with Crippen LogP contribution in [0.15, 0.2) is 199 Å². The number of hydrogen-bond donors (Lipinski definition) is 0. The number of rotatable bonds is 7. The zero-order valence-corrected chi connectivity index (χ0v) is 30.8. The van der Waals surface area contributed by atoms with Gasteiger partial charge >= 0.3 is 0 Å². The first kappa shape index (κ1) is 33.2. The second-order valence-electron chi connectivity index (χ2n) is 15.0. The molecule has 0 aliphatic heterocycles. The zero-order chi connectivity index (χ0) is 36.6. The van der Waals surface area contributed by atoms with Gasteiger partial charge in [0.1, 0.15) is 11.3 Å². The smallest absolute Gasteiger partial charge is 0.139 e. The predicted octanol–water partition coefficient (Wildman–Crippen LogP) is 15.0. The Morgan fingerprint density at radius 3 is 1.57 bits per heavy atom. The van der Waals surface area contributed by atoms with Crippen LogP contribution in [-0.2, 0) is 5.41 Å². The third-order valence-electron chi connectivity index (χ3n) is 10.4. The van der Waals surface area contributed by atoms with E-state index >= 15 is 0 Å². The highest BCUT2D eigenvalue weighted by molar-refractivity contribution is 5.97. The lowest BCUT2D eigenvalue weighted by Crippen LogP contribution is -2.12. The van der Waals surface area contributed by atoms with Gasteiger partial charge in [-0.15, -0.1) is 0 Å². The van der Waals surface area contributed by atoms with Crippen molar-refractivity contribution in [1.82, 2.24) is 0 Å². The lowest BCUT2D eigenvalue weighted by molar-refractivity contribution is 0.568. The highest BCUT2D eigenvalue weighted by Crippen LogP contribution is 2.44. The van der Waals surface area contributed by atoms with Crippen molar-refractivity contribution in [2.75, 3.05) is 4.90 Å². The molecule has 8 aromatic carbocycles. The van der Waals surface area contributed by atoms with Crippen molar-refractivity contribution in [3.63, 3.8) is 0 Å². The molecule has 0 aliphatic carbocycles. The van der Waals surface area contributed by atoms with Gasteiger partial charge in [0, 0.05) is 33.6 Å². The van der Waals surface area contributed by atoms with Gasteiger partial charge in [-0.1, -0.05) is 172 Å². The maximum atomic E-state index is 6.65. The van der Waals surface area contributed by atoms with Crippen LogP contribution in [0, 0.1) is 0 Å². The number of benzene rings is 8. The summed E-state index contributed by atoms with van der Waals surface area (Å²) in [5.74, 6) is 0.921. The minimum atomic E-state index is -0.110. The average molecular weight is 696 g/mol. The fourth-order valence-electron chi connectivity index (χ4n) is 7.89. The fraction of sp³-hybridized carbons (Fsp3) is 0.0769. The van der Waals surface area contributed by atoms with Gasteiger partial charge in [-0.05, 0) is 92.0 Å². The van der Waals surface area contributed by atoms with E-state index in [1.807, 2.05) is 6.07 Å². The molecule has 0 unspecified atom stereocenters. The van der Waals surface area contributed by atoms with Crippen LogP contribution in [0.1, 0.15) is 26.3 Å². The second-order valence-corrected chi connectivity index (χ2v) is 15.0. The molecule has 0 saturated heterocycles. The summed E-state index contributed by atoms with van der Waals surface area (Å²) in [6, 6.07) is 69.5. The Kier molecular flexibility index (Phi) is 8.44. The van der Waals surface area contributed by atoms with Crippen molar-refractivity contribution in [2.45, 2.75) is 26.2 Å². The molecule has 0 saturated carbocycles. The van der Waals surface area contributed by atoms with Crippen LogP contribution in [0.2, 0.25) is 0 Å². The molecular formula is C52H41NO. The van der Waals surface area contributed by atoms with E-state index in [0.29, 0.717) is 0 Å². The third kappa shape index (κ3) is 6.16. The maximum absolute atomic E-state index is 6.65. The summed E-state index contributed by atoms with van der Waals surface area (Å²) in [5, 5.41) is 3.66. The number of nitrogens with zero attached hydrogens (tertiary/aromatic N) is 1. The van der Waals surface area contributed by atoms with E-state index in [4.69, 9.17) is 4.42 Å². The zero-order valence-electron chi connectivity index (χ0n) is 30.8. The molecule has 0 N–H and O–H groups in total. The molecule has 9 aromatic rings. The first-order chi connectivity index (χ1) is 26.4. The van der Waals surface area contributed by atoms with Gasteiger partial charge < -0.3 is 9.32 Å². The van der Waals surface area contributed by atoms with Gasteiger partial charge in [0.25, 0.3) is 0 Å². The molecule has 0 fully saturated rings. The Labute approximate surface area is 317 Å². The maximum Gasteiger partial charge on any atom is 0.139 e. The topological polar surface area (TPSA) is 16.4 Å². The summed E-state index contributed by atoms with van der Waals surface area (Å²) in [5.41, 5.74) is 13.5. The molecule has 260 valence electrons. The van der Waals surface area contributed by atoms with Crippen LogP contribution in [0.5, 0.6) is 0 Å². The van der Waals surface area contributed by atoms with Crippen LogP contribution in [0.4, 0.5) is 17.1 Å².